The minimum absolute atomic E-state index is 0.0553. The van der Waals surface area contributed by atoms with E-state index >= 15 is 0 Å². The third-order valence-electron chi connectivity index (χ3n) is 3.69. The Balaban J connectivity index is 1.88. The van der Waals surface area contributed by atoms with Crippen molar-refractivity contribution in [2.45, 2.75) is 33.2 Å². The van der Waals surface area contributed by atoms with Gasteiger partial charge in [0.2, 0.25) is 5.91 Å². The molecule has 1 heterocycles. The summed E-state index contributed by atoms with van der Waals surface area (Å²) in [6.07, 6.45) is 1.80. The number of aromatic nitrogens is 3. The number of amides is 1. The normalized spacial score (nSPS) is 12.2. The van der Waals surface area contributed by atoms with E-state index in [0.717, 1.165) is 17.1 Å². The summed E-state index contributed by atoms with van der Waals surface area (Å²) in [5, 5.41) is 7.09. The van der Waals surface area contributed by atoms with Crippen LogP contribution in [0, 0.1) is 12.8 Å². The maximum absolute atomic E-state index is 12.2. The zero-order valence-electron chi connectivity index (χ0n) is 14.1. The SMILES string of the molecule is Cc1ccccc1OCCC(=O)NC(c1ncnn1C)C(C)C. The Labute approximate surface area is 136 Å². The Hall–Kier alpha value is -2.37. The summed E-state index contributed by atoms with van der Waals surface area (Å²) in [7, 11) is 1.82. The number of nitrogens with zero attached hydrogens (tertiary/aromatic N) is 3. The van der Waals surface area contributed by atoms with E-state index in [9.17, 15) is 4.79 Å². The lowest BCUT2D eigenvalue weighted by atomic mass is 10.0. The molecule has 0 aliphatic carbocycles. The van der Waals surface area contributed by atoms with Crippen LogP contribution in [0.1, 0.15) is 37.7 Å². The molecule has 6 heteroatoms. The fourth-order valence-corrected chi connectivity index (χ4v) is 2.33. The van der Waals surface area contributed by atoms with Crippen LogP contribution in [0.4, 0.5) is 0 Å². The zero-order valence-corrected chi connectivity index (χ0v) is 14.1. The molecule has 1 aromatic carbocycles. The number of rotatable bonds is 7. The number of hydrogen-bond donors (Lipinski definition) is 1. The molecule has 0 fully saturated rings. The van der Waals surface area contributed by atoms with Crippen LogP contribution in [0.15, 0.2) is 30.6 Å². The molecule has 0 saturated carbocycles. The minimum atomic E-state index is -0.159. The van der Waals surface area contributed by atoms with Crippen LogP contribution in [-0.4, -0.2) is 27.3 Å². The van der Waals surface area contributed by atoms with Gasteiger partial charge in [-0.25, -0.2) is 4.98 Å². The summed E-state index contributed by atoms with van der Waals surface area (Å²) < 4.78 is 7.36. The van der Waals surface area contributed by atoms with E-state index in [0.29, 0.717) is 13.0 Å². The second kappa shape index (κ2) is 7.76. The number of hydrogen-bond acceptors (Lipinski definition) is 4. The molecule has 1 atom stereocenters. The summed E-state index contributed by atoms with van der Waals surface area (Å²) in [5.74, 6) is 1.74. The molecule has 23 heavy (non-hydrogen) atoms. The first-order chi connectivity index (χ1) is 11.0. The Kier molecular flexibility index (Phi) is 5.73. The van der Waals surface area contributed by atoms with E-state index in [1.54, 1.807) is 4.68 Å². The van der Waals surface area contributed by atoms with E-state index < -0.39 is 0 Å². The van der Waals surface area contributed by atoms with Gasteiger partial charge in [-0.1, -0.05) is 32.0 Å². The number of benzene rings is 1. The van der Waals surface area contributed by atoms with Gasteiger partial charge in [0.1, 0.15) is 17.9 Å². The van der Waals surface area contributed by atoms with E-state index in [1.807, 2.05) is 52.1 Å². The molecule has 2 rings (SSSR count). The standard InChI is InChI=1S/C17H24N4O2/c1-12(2)16(17-18-11-19-21(17)4)20-15(22)9-10-23-14-8-6-5-7-13(14)3/h5-8,11-12,16H,9-10H2,1-4H3,(H,20,22). The average molecular weight is 316 g/mol. The number of para-hydroxylation sites is 1. The zero-order chi connectivity index (χ0) is 16.8. The van der Waals surface area contributed by atoms with Crippen molar-refractivity contribution >= 4 is 5.91 Å². The minimum Gasteiger partial charge on any atom is -0.493 e. The molecular weight excluding hydrogens is 292 g/mol. The number of aryl methyl sites for hydroxylation is 2. The van der Waals surface area contributed by atoms with Crippen molar-refractivity contribution in [3.8, 4) is 5.75 Å². The van der Waals surface area contributed by atoms with Gasteiger partial charge in [-0.2, -0.15) is 5.10 Å². The highest BCUT2D eigenvalue weighted by atomic mass is 16.5. The number of carbonyl (C=O) groups is 1. The highest BCUT2D eigenvalue weighted by Gasteiger charge is 2.22. The number of ether oxygens (including phenoxy) is 1. The van der Waals surface area contributed by atoms with Gasteiger partial charge in [0.05, 0.1) is 19.1 Å². The predicted octanol–water partition coefficient (Wildman–Crippen LogP) is 2.41. The van der Waals surface area contributed by atoms with Gasteiger partial charge in [0.25, 0.3) is 0 Å². The van der Waals surface area contributed by atoms with Crippen molar-refractivity contribution in [1.82, 2.24) is 20.1 Å². The monoisotopic (exact) mass is 316 g/mol. The molecule has 1 amide bonds. The topological polar surface area (TPSA) is 69.0 Å². The highest BCUT2D eigenvalue weighted by molar-refractivity contribution is 5.76. The van der Waals surface area contributed by atoms with Crippen LogP contribution >= 0.6 is 0 Å². The molecule has 1 N–H and O–H groups in total. The number of nitrogens with one attached hydrogen (secondary N) is 1. The van der Waals surface area contributed by atoms with Crippen LogP contribution < -0.4 is 10.1 Å². The molecule has 2 aromatic rings. The quantitative estimate of drug-likeness (QED) is 0.851. The van der Waals surface area contributed by atoms with Crippen LogP contribution in [0.2, 0.25) is 0 Å². The molecule has 0 spiro atoms. The van der Waals surface area contributed by atoms with Crippen molar-refractivity contribution in [2.75, 3.05) is 6.61 Å². The predicted molar refractivity (Wildman–Crippen MR) is 88.0 cm³/mol. The van der Waals surface area contributed by atoms with E-state index in [2.05, 4.69) is 15.4 Å². The molecule has 0 radical (unpaired) electrons. The maximum Gasteiger partial charge on any atom is 0.224 e. The molecule has 0 saturated heterocycles. The van der Waals surface area contributed by atoms with Gasteiger partial charge in [0.15, 0.2) is 0 Å². The largest absolute Gasteiger partial charge is 0.493 e. The summed E-state index contributed by atoms with van der Waals surface area (Å²) >= 11 is 0. The third kappa shape index (κ3) is 4.55. The van der Waals surface area contributed by atoms with Crippen molar-refractivity contribution in [3.05, 3.63) is 42.0 Å². The van der Waals surface area contributed by atoms with Gasteiger partial charge in [-0.05, 0) is 24.5 Å². The maximum atomic E-state index is 12.2. The fraction of sp³-hybridized carbons (Fsp3) is 0.471. The lowest BCUT2D eigenvalue weighted by Gasteiger charge is -2.21. The molecule has 0 aliphatic rings. The molecule has 6 nitrogen and oxygen atoms in total. The third-order valence-corrected chi connectivity index (χ3v) is 3.69. The molecule has 0 aliphatic heterocycles. The van der Waals surface area contributed by atoms with E-state index in [-0.39, 0.29) is 17.9 Å². The fourth-order valence-electron chi connectivity index (χ4n) is 2.33. The molecule has 1 aromatic heterocycles. The summed E-state index contributed by atoms with van der Waals surface area (Å²) in [6.45, 7) is 6.42. The Bertz CT molecular complexity index is 652. The summed E-state index contributed by atoms with van der Waals surface area (Å²) in [6, 6.07) is 7.62. The van der Waals surface area contributed by atoms with E-state index in [1.165, 1.54) is 6.33 Å². The lowest BCUT2D eigenvalue weighted by molar-refractivity contribution is -0.122. The second-order valence-corrected chi connectivity index (χ2v) is 5.90. The van der Waals surface area contributed by atoms with Crippen LogP contribution in [0.25, 0.3) is 0 Å². The van der Waals surface area contributed by atoms with Crippen LogP contribution in [-0.2, 0) is 11.8 Å². The Morgan fingerprint density at radius 3 is 2.70 bits per heavy atom. The smallest absolute Gasteiger partial charge is 0.224 e. The Morgan fingerprint density at radius 2 is 2.09 bits per heavy atom. The van der Waals surface area contributed by atoms with Crippen LogP contribution in [0.3, 0.4) is 0 Å². The van der Waals surface area contributed by atoms with Gasteiger partial charge in [-0.3, -0.25) is 9.48 Å². The van der Waals surface area contributed by atoms with Crippen molar-refractivity contribution in [2.24, 2.45) is 13.0 Å². The van der Waals surface area contributed by atoms with Gasteiger partial charge >= 0.3 is 0 Å². The average Bonchev–Trinajstić information content (AvgIpc) is 2.92. The van der Waals surface area contributed by atoms with Gasteiger partial charge < -0.3 is 10.1 Å². The first-order valence-corrected chi connectivity index (χ1v) is 7.80. The highest BCUT2D eigenvalue weighted by Crippen LogP contribution is 2.19. The van der Waals surface area contributed by atoms with E-state index in [4.69, 9.17) is 4.74 Å². The van der Waals surface area contributed by atoms with Crippen LogP contribution in [0.5, 0.6) is 5.75 Å². The molecular formula is C17H24N4O2. The second-order valence-electron chi connectivity index (χ2n) is 5.90. The lowest BCUT2D eigenvalue weighted by Crippen LogP contribution is -2.34. The Morgan fingerprint density at radius 1 is 1.35 bits per heavy atom. The van der Waals surface area contributed by atoms with Crippen molar-refractivity contribution < 1.29 is 9.53 Å². The van der Waals surface area contributed by atoms with Crippen molar-refractivity contribution in [1.29, 1.82) is 0 Å². The summed E-state index contributed by atoms with van der Waals surface area (Å²) in [5.41, 5.74) is 1.06. The molecule has 1 unspecified atom stereocenters. The van der Waals surface area contributed by atoms with Gasteiger partial charge in [0, 0.05) is 7.05 Å². The first-order valence-electron chi connectivity index (χ1n) is 7.80. The van der Waals surface area contributed by atoms with Gasteiger partial charge in [-0.15, -0.1) is 0 Å². The first kappa shape index (κ1) is 17.0. The molecule has 124 valence electrons. The summed E-state index contributed by atoms with van der Waals surface area (Å²) in [4.78, 5) is 16.4. The van der Waals surface area contributed by atoms with Crippen molar-refractivity contribution in [3.63, 3.8) is 0 Å². The number of carbonyl (C=O) groups excluding carboxylic acids is 1. The molecule has 0 bridgehead atoms.